The smallest absolute Gasteiger partial charge is 0.0954 e. The molecule has 2 nitrogen and oxygen atoms in total. The van der Waals surface area contributed by atoms with Crippen LogP contribution in [0.4, 0.5) is 0 Å². The van der Waals surface area contributed by atoms with Gasteiger partial charge in [-0.15, -0.1) is 0 Å². The van der Waals surface area contributed by atoms with Gasteiger partial charge in [0.05, 0.1) is 6.73 Å². The molecule has 0 radical (unpaired) electrons. The Balaban J connectivity index is 4.02. The lowest BCUT2D eigenvalue weighted by Crippen LogP contribution is -2.20. The van der Waals surface area contributed by atoms with Gasteiger partial charge >= 0.3 is 0 Å². The molecule has 0 aromatic rings. The van der Waals surface area contributed by atoms with Crippen molar-refractivity contribution in [3.05, 3.63) is 58.2 Å². The van der Waals surface area contributed by atoms with Crippen molar-refractivity contribution in [1.29, 1.82) is 0 Å². The summed E-state index contributed by atoms with van der Waals surface area (Å²) in [6.45, 7) is 14.5. The first-order chi connectivity index (χ1) is 14.7. The van der Waals surface area contributed by atoms with Crippen molar-refractivity contribution in [2.24, 2.45) is 0 Å². The highest BCUT2D eigenvalue weighted by molar-refractivity contribution is 5.07. The Morgan fingerprint density at radius 1 is 0.581 bits per heavy atom. The Labute approximate surface area is 194 Å². The van der Waals surface area contributed by atoms with Crippen LogP contribution in [0.25, 0.3) is 0 Å². The molecule has 0 heterocycles. The number of rotatable bonds is 17. The molecule has 0 saturated heterocycles. The van der Waals surface area contributed by atoms with Crippen molar-refractivity contribution in [1.82, 2.24) is 4.90 Å². The molecule has 1 N–H and O–H groups in total. The molecule has 0 bridgehead atoms. The first-order valence-corrected chi connectivity index (χ1v) is 12.3. The van der Waals surface area contributed by atoms with Gasteiger partial charge in [0.15, 0.2) is 0 Å². The topological polar surface area (TPSA) is 23.5 Å². The molecule has 31 heavy (non-hydrogen) atoms. The monoisotopic (exact) mass is 429 g/mol. The van der Waals surface area contributed by atoms with Gasteiger partial charge in [-0.2, -0.15) is 0 Å². The molecule has 0 spiro atoms. The van der Waals surface area contributed by atoms with Crippen LogP contribution in [0.3, 0.4) is 0 Å². The maximum absolute atomic E-state index is 9.02. The Kier molecular flexibility index (Phi) is 18.5. The Hall–Kier alpha value is -1.38. The third-order valence-electron chi connectivity index (χ3n) is 5.66. The van der Waals surface area contributed by atoms with E-state index in [0.29, 0.717) is 0 Å². The van der Waals surface area contributed by atoms with Gasteiger partial charge in [-0.25, -0.2) is 0 Å². The fourth-order valence-electron chi connectivity index (χ4n) is 3.45. The number of hydrogen-bond acceptors (Lipinski definition) is 2. The van der Waals surface area contributed by atoms with E-state index in [1.165, 1.54) is 53.5 Å². The summed E-state index contributed by atoms with van der Waals surface area (Å²) >= 11 is 0. The summed E-state index contributed by atoms with van der Waals surface area (Å²) < 4.78 is 0. The zero-order chi connectivity index (χ0) is 23.5. The van der Waals surface area contributed by atoms with Crippen LogP contribution < -0.4 is 0 Å². The molecule has 2 heteroatoms. The molecule has 0 aliphatic carbocycles. The second kappa shape index (κ2) is 19.3. The minimum atomic E-state index is 0.148. The van der Waals surface area contributed by atoms with Crippen LogP contribution in [-0.4, -0.2) is 30.3 Å². The summed E-state index contributed by atoms with van der Waals surface area (Å²) in [5.41, 5.74) is 7.43. The number of aliphatic hydroxyl groups excluding tert-OH is 1. The Bertz CT molecular complexity index is 615. The van der Waals surface area contributed by atoms with Crippen molar-refractivity contribution >= 4 is 0 Å². The molecule has 0 amide bonds. The summed E-state index contributed by atoms with van der Waals surface area (Å²) in [5, 5.41) is 9.02. The number of aliphatic hydroxyl groups is 1. The van der Waals surface area contributed by atoms with Crippen LogP contribution in [-0.2, 0) is 0 Å². The van der Waals surface area contributed by atoms with Crippen molar-refractivity contribution in [3.63, 3.8) is 0 Å². The number of unbranched alkanes of at least 4 members (excludes halogenated alkanes) is 1. The van der Waals surface area contributed by atoms with E-state index in [-0.39, 0.29) is 6.73 Å². The standard InChI is InChI=1S/C29H51NO/c1-25(2)14-10-17-28(5)20-11-18-26(3)15-8-9-16-27(4)19-12-21-29(6)22-13-23-30(7)24-31/h14-16,20-21,31H,8-13,17-19,22-24H2,1-7H3/b26-15+,27-16+,28-20+,29-21-. The highest BCUT2D eigenvalue weighted by Crippen LogP contribution is 2.14. The number of hydrogen-bond donors (Lipinski definition) is 1. The lowest BCUT2D eigenvalue weighted by atomic mass is 10.0. The van der Waals surface area contributed by atoms with E-state index in [1.807, 2.05) is 11.9 Å². The fraction of sp³-hybridized carbons (Fsp3) is 0.655. The van der Waals surface area contributed by atoms with E-state index in [4.69, 9.17) is 5.11 Å². The maximum atomic E-state index is 9.02. The number of allylic oxidation sites excluding steroid dienone is 10. The molecular weight excluding hydrogens is 378 g/mol. The van der Waals surface area contributed by atoms with E-state index >= 15 is 0 Å². The van der Waals surface area contributed by atoms with Crippen molar-refractivity contribution in [2.45, 2.75) is 106 Å². The summed E-state index contributed by atoms with van der Waals surface area (Å²) in [6.07, 6.45) is 23.5. The van der Waals surface area contributed by atoms with Gasteiger partial charge < -0.3 is 5.11 Å². The second-order valence-electron chi connectivity index (χ2n) is 9.50. The zero-order valence-electron chi connectivity index (χ0n) is 21.8. The first kappa shape index (κ1) is 29.6. The van der Waals surface area contributed by atoms with Gasteiger partial charge in [0.1, 0.15) is 0 Å². The molecule has 0 unspecified atom stereocenters. The number of nitrogens with zero attached hydrogens (tertiary/aromatic N) is 1. The highest BCUT2D eigenvalue weighted by Gasteiger charge is 1.97. The molecule has 0 fully saturated rings. The van der Waals surface area contributed by atoms with Gasteiger partial charge in [-0.3, -0.25) is 4.90 Å². The van der Waals surface area contributed by atoms with Gasteiger partial charge in [0, 0.05) is 6.54 Å². The fourth-order valence-corrected chi connectivity index (χ4v) is 3.45. The predicted octanol–water partition coefficient (Wildman–Crippen LogP) is 8.52. The molecule has 0 aliphatic heterocycles. The SMILES string of the molecule is CC(C)=CCC/C(C)=C/CC/C(C)=C/CC/C=C(\C)CC/C=C(/C)CCCN(C)CO. The molecule has 178 valence electrons. The lowest BCUT2D eigenvalue weighted by Gasteiger charge is -2.12. The maximum Gasteiger partial charge on any atom is 0.0954 e. The van der Waals surface area contributed by atoms with E-state index < -0.39 is 0 Å². The van der Waals surface area contributed by atoms with Crippen LogP contribution in [0.2, 0.25) is 0 Å². The van der Waals surface area contributed by atoms with Crippen LogP contribution in [0.1, 0.15) is 106 Å². The van der Waals surface area contributed by atoms with Gasteiger partial charge in [0.25, 0.3) is 0 Å². The lowest BCUT2D eigenvalue weighted by molar-refractivity contribution is 0.132. The van der Waals surface area contributed by atoms with Crippen LogP contribution in [0.5, 0.6) is 0 Å². The Morgan fingerprint density at radius 2 is 0.968 bits per heavy atom. The first-order valence-electron chi connectivity index (χ1n) is 12.3. The molecule has 0 saturated carbocycles. The van der Waals surface area contributed by atoms with Crippen molar-refractivity contribution in [2.75, 3.05) is 20.3 Å². The minimum Gasteiger partial charge on any atom is -0.381 e. The van der Waals surface area contributed by atoms with Crippen LogP contribution in [0.15, 0.2) is 58.2 Å². The summed E-state index contributed by atoms with van der Waals surface area (Å²) in [5.74, 6) is 0. The highest BCUT2D eigenvalue weighted by atomic mass is 16.3. The normalized spacial score (nSPS) is 13.8. The largest absolute Gasteiger partial charge is 0.381 e. The van der Waals surface area contributed by atoms with E-state index in [2.05, 4.69) is 71.9 Å². The summed E-state index contributed by atoms with van der Waals surface area (Å²) in [6, 6.07) is 0. The average Bonchev–Trinajstić information content (AvgIpc) is 2.70. The molecule has 0 aromatic heterocycles. The summed E-state index contributed by atoms with van der Waals surface area (Å²) in [7, 11) is 1.95. The van der Waals surface area contributed by atoms with E-state index in [0.717, 1.165) is 45.1 Å². The Morgan fingerprint density at radius 3 is 1.39 bits per heavy atom. The van der Waals surface area contributed by atoms with Gasteiger partial charge in [-0.1, -0.05) is 58.2 Å². The summed E-state index contributed by atoms with van der Waals surface area (Å²) in [4.78, 5) is 1.95. The third kappa shape index (κ3) is 20.3. The van der Waals surface area contributed by atoms with Gasteiger partial charge in [-0.05, 0) is 113 Å². The molecule has 0 aliphatic rings. The van der Waals surface area contributed by atoms with Crippen LogP contribution in [0, 0.1) is 0 Å². The van der Waals surface area contributed by atoms with Crippen molar-refractivity contribution in [3.8, 4) is 0 Å². The molecule has 0 atom stereocenters. The van der Waals surface area contributed by atoms with Crippen LogP contribution >= 0.6 is 0 Å². The minimum absolute atomic E-state index is 0.148. The van der Waals surface area contributed by atoms with E-state index in [1.54, 1.807) is 0 Å². The quantitative estimate of drug-likeness (QED) is 0.142. The predicted molar refractivity (Wildman–Crippen MR) is 140 cm³/mol. The van der Waals surface area contributed by atoms with E-state index in [9.17, 15) is 0 Å². The second-order valence-corrected chi connectivity index (χ2v) is 9.50. The zero-order valence-corrected chi connectivity index (χ0v) is 21.8. The average molecular weight is 430 g/mol. The van der Waals surface area contributed by atoms with Crippen molar-refractivity contribution < 1.29 is 5.11 Å². The third-order valence-corrected chi connectivity index (χ3v) is 5.66. The van der Waals surface area contributed by atoms with Gasteiger partial charge in [0.2, 0.25) is 0 Å². The molecule has 0 aromatic carbocycles. The molecular formula is C29H51NO. The molecule has 0 rings (SSSR count).